The van der Waals surface area contributed by atoms with E-state index < -0.39 is 0 Å². The number of hydrogen-bond acceptors (Lipinski definition) is 3. The first-order chi connectivity index (χ1) is 8.49. The lowest BCUT2D eigenvalue weighted by Gasteiger charge is -2.20. The predicted octanol–water partition coefficient (Wildman–Crippen LogP) is 1.47. The number of rotatable bonds is 10. The normalized spacial score (nSPS) is 13.1. The van der Waals surface area contributed by atoms with Gasteiger partial charge in [0.25, 0.3) is 0 Å². The number of carbonyl (C=O) groups excluding carboxylic acids is 1. The highest BCUT2D eigenvalue weighted by atomic mass is 16.1. The van der Waals surface area contributed by atoms with E-state index in [-0.39, 0.29) is 11.8 Å². The summed E-state index contributed by atoms with van der Waals surface area (Å²) in [5.74, 6) is 0.219. The van der Waals surface area contributed by atoms with E-state index in [2.05, 4.69) is 43.4 Å². The van der Waals surface area contributed by atoms with Gasteiger partial charge in [-0.1, -0.05) is 13.8 Å². The van der Waals surface area contributed by atoms with Crippen LogP contribution in [0.1, 0.15) is 40.5 Å². The molecule has 0 aliphatic heterocycles. The van der Waals surface area contributed by atoms with Gasteiger partial charge in [-0.15, -0.1) is 0 Å². The number of nitrogens with zero attached hydrogens (tertiary/aromatic N) is 1. The summed E-state index contributed by atoms with van der Waals surface area (Å²) in [5.41, 5.74) is 0. The van der Waals surface area contributed by atoms with Crippen LogP contribution in [0.2, 0.25) is 0 Å². The average molecular weight is 257 g/mol. The van der Waals surface area contributed by atoms with Crippen molar-refractivity contribution in [2.45, 2.75) is 46.6 Å². The number of amides is 1. The largest absolute Gasteiger partial charge is 0.356 e. The Morgan fingerprint density at radius 1 is 1.22 bits per heavy atom. The second kappa shape index (κ2) is 10.3. The lowest BCUT2D eigenvalue weighted by molar-refractivity contribution is -0.124. The zero-order valence-electron chi connectivity index (χ0n) is 12.8. The molecule has 18 heavy (non-hydrogen) atoms. The van der Waals surface area contributed by atoms with E-state index in [0.717, 1.165) is 39.0 Å². The average Bonchev–Trinajstić information content (AvgIpc) is 2.34. The van der Waals surface area contributed by atoms with Gasteiger partial charge in [-0.3, -0.25) is 4.79 Å². The first kappa shape index (κ1) is 17.4. The molecule has 0 saturated carbocycles. The fourth-order valence-corrected chi connectivity index (χ4v) is 1.58. The van der Waals surface area contributed by atoms with E-state index in [1.807, 2.05) is 6.92 Å². The molecule has 0 aromatic rings. The van der Waals surface area contributed by atoms with Crippen LogP contribution in [0.5, 0.6) is 0 Å². The van der Waals surface area contributed by atoms with Crippen molar-refractivity contribution in [3.05, 3.63) is 0 Å². The quantitative estimate of drug-likeness (QED) is 0.583. The second-order valence-electron chi connectivity index (χ2n) is 5.28. The van der Waals surface area contributed by atoms with Crippen LogP contribution >= 0.6 is 0 Å². The molecule has 0 bridgehead atoms. The summed E-state index contributed by atoms with van der Waals surface area (Å²) in [4.78, 5) is 14.0. The van der Waals surface area contributed by atoms with Crippen LogP contribution in [0.15, 0.2) is 0 Å². The van der Waals surface area contributed by atoms with Crippen molar-refractivity contribution in [2.75, 3.05) is 33.2 Å². The fourth-order valence-electron chi connectivity index (χ4n) is 1.58. The molecule has 0 saturated heterocycles. The van der Waals surface area contributed by atoms with Crippen molar-refractivity contribution in [1.29, 1.82) is 0 Å². The summed E-state index contributed by atoms with van der Waals surface area (Å²) in [6, 6.07) is 0.597. The van der Waals surface area contributed by atoms with Gasteiger partial charge in [0, 0.05) is 25.0 Å². The molecule has 0 aromatic carbocycles. The third kappa shape index (κ3) is 8.48. The predicted molar refractivity (Wildman–Crippen MR) is 77.7 cm³/mol. The van der Waals surface area contributed by atoms with E-state index in [1.54, 1.807) is 0 Å². The standard InChI is InChI=1S/C14H31N3O/c1-6-15-11-13(4)14(18)16-9-7-8-10-17(5)12(2)3/h12-13,15H,6-11H2,1-5H3,(H,16,18). The van der Waals surface area contributed by atoms with Gasteiger partial charge in [0.2, 0.25) is 5.91 Å². The van der Waals surface area contributed by atoms with Crippen molar-refractivity contribution in [2.24, 2.45) is 5.92 Å². The minimum Gasteiger partial charge on any atom is -0.356 e. The monoisotopic (exact) mass is 257 g/mol. The molecule has 0 heterocycles. The van der Waals surface area contributed by atoms with Crippen LogP contribution in [-0.2, 0) is 4.79 Å². The number of unbranched alkanes of at least 4 members (excludes halogenated alkanes) is 1. The molecule has 108 valence electrons. The van der Waals surface area contributed by atoms with Crippen molar-refractivity contribution in [3.63, 3.8) is 0 Å². The third-order valence-electron chi connectivity index (χ3n) is 3.27. The molecule has 1 atom stereocenters. The molecule has 2 N–H and O–H groups in total. The summed E-state index contributed by atoms with van der Waals surface area (Å²) < 4.78 is 0. The Balaban J connectivity index is 3.51. The van der Waals surface area contributed by atoms with E-state index in [9.17, 15) is 4.79 Å². The van der Waals surface area contributed by atoms with Crippen LogP contribution in [0.25, 0.3) is 0 Å². The van der Waals surface area contributed by atoms with Crippen molar-refractivity contribution in [1.82, 2.24) is 15.5 Å². The number of carbonyl (C=O) groups is 1. The van der Waals surface area contributed by atoms with E-state index in [1.165, 1.54) is 0 Å². The molecule has 0 fully saturated rings. The van der Waals surface area contributed by atoms with E-state index >= 15 is 0 Å². The van der Waals surface area contributed by atoms with Crippen LogP contribution in [0, 0.1) is 5.92 Å². The van der Waals surface area contributed by atoms with Crippen LogP contribution in [0.4, 0.5) is 0 Å². The lowest BCUT2D eigenvalue weighted by Crippen LogP contribution is -2.36. The minimum absolute atomic E-state index is 0.0586. The van der Waals surface area contributed by atoms with Gasteiger partial charge in [-0.2, -0.15) is 0 Å². The van der Waals surface area contributed by atoms with Gasteiger partial charge < -0.3 is 15.5 Å². The summed E-state index contributed by atoms with van der Waals surface area (Å²) in [6.07, 6.45) is 2.19. The second-order valence-corrected chi connectivity index (χ2v) is 5.28. The third-order valence-corrected chi connectivity index (χ3v) is 3.27. The molecule has 1 unspecified atom stereocenters. The van der Waals surface area contributed by atoms with Crippen molar-refractivity contribution >= 4 is 5.91 Å². The maximum absolute atomic E-state index is 11.7. The highest BCUT2D eigenvalue weighted by Crippen LogP contribution is 1.98. The van der Waals surface area contributed by atoms with Crippen molar-refractivity contribution in [3.8, 4) is 0 Å². The molecule has 0 aliphatic rings. The van der Waals surface area contributed by atoms with Crippen LogP contribution in [-0.4, -0.2) is 50.1 Å². The van der Waals surface area contributed by atoms with Crippen molar-refractivity contribution < 1.29 is 4.79 Å². The van der Waals surface area contributed by atoms with Gasteiger partial charge in [0.15, 0.2) is 0 Å². The molecule has 0 rings (SSSR count). The zero-order valence-corrected chi connectivity index (χ0v) is 12.8. The lowest BCUT2D eigenvalue weighted by atomic mass is 10.1. The van der Waals surface area contributed by atoms with Gasteiger partial charge in [-0.05, 0) is 46.8 Å². The molecule has 0 aliphatic carbocycles. The summed E-state index contributed by atoms with van der Waals surface area (Å²) in [7, 11) is 2.14. The Kier molecular flexibility index (Phi) is 9.98. The van der Waals surface area contributed by atoms with E-state index in [4.69, 9.17) is 0 Å². The topological polar surface area (TPSA) is 44.4 Å². The van der Waals surface area contributed by atoms with Crippen LogP contribution in [0.3, 0.4) is 0 Å². The Morgan fingerprint density at radius 3 is 2.44 bits per heavy atom. The smallest absolute Gasteiger partial charge is 0.224 e. The zero-order chi connectivity index (χ0) is 14.0. The molecule has 0 aromatic heterocycles. The molecule has 0 radical (unpaired) electrons. The maximum Gasteiger partial charge on any atom is 0.224 e. The van der Waals surface area contributed by atoms with Gasteiger partial charge >= 0.3 is 0 Å². The Hall–Kier alpha value is -0.610. The number of hydrogen-bond donors (Lipinski definition) is 2. The van der Waals surface area contributed by atoms with Gasteiger partial charge in [0.05, 0.1) is 0 Å². The SMILES string of the molecule is CCNCC(C)C(=O)NCCCCN(C)C(C)C. The Morgan fingerprint density at radius 2 is 1.89 bits per heavy atom. The highest BCUT2D eigenvalue weighted by Gasteiger charge is 2.10. The van der Waals surface area contributed by atoms with Gasteiger partial charge in [-0.25, -0.2) is 0 Å². The summed E-state index contributed by atoms with van der Waals surface area (Å²) in [5, 5.41) is 6.19. The highest BCUT2D eigenvalue weighted by molar-refractivity contribution is 5.78. The number of nitrogens with one attached hydrogen (secondary N) is 2. The first-order valence-corrected chi connectivity index (χ1v) is 7.17. The fraction of sp³-hybridized carbons (Fsp3) is 0.929. The summed E-state index contributed by atoms with van der Waals surface area (Å²) >= 11 is 0. The molecule has 4 nitrogen and oxygen atoms in total. The maximum atomic E-state index is 11.7. The van der Waals surface area contributed by atoms with Crippen LogP contribution < -0.4 is 10.6 Å². The first-order valence-electron chi connectivity index (χ1n) is 7.17. The molecule has 4 heteroatoms. The Bertz CT molecular complexity index is 219. The van der Waals surface area contributed by atoms with Gasteiger partial charge in [0.1, 0.15) is 0 Å². The molecule has 0 spiro atoms. The molecular weight excluding hydrogens is 226 g/mol. The molecular formula is C14H31N3O. The van der Waals surface area contributed by atoms with E-state index in [0.29, 0.717) is 6.04 Å². The summed E-state index contributed by atoms with van der Waals surface area (Å²) in [6.45, 7) is 12.0. The Labute approximate surface area is 113 Å². The minimum atomic E-state index is 0.0586. The molecule has 1 amide bonds.